The third-order valence-corrected chi connectivity index (χ3v) is 3.60. The summed E-state index contributed by atoms with van der Waals surface area (Å²) < 4.78 is 1.44. The Kier molecular flexibility index (Phi) is 4.38. The molecule has 23 heavy (non-hydrogen) atoms. The maximum Gasteiger partial charge on any atom is 0.187 e. The quantitative estimate of drug-likeness (QED) is 0.657. The lowest BCUT2D eigenvalue weighted by Gasteiger charge is -2.15. The van der Waals surface area contributed by atoms with Gasteiger partial charge in [-0.1, -0.05) is 65.9 Å². The Hall–Kier alpha value is -3.08. The number of aromatic nitrogens is 3. The van der Waals surface area contributed by atoms with Crippen LogP contribution in [-0.2, 0) is 0 Å². The zero-order valence-corrected chi connectivity index (χ0v) is 12.4. The van der Waals surface area contributed by atoms with Gasteiger partial charge in [-0.3, -0.25) is 9.59 Å². The van der Waals surface area contributed by atoms with Crippen molar-refractivity contribution in [3.05, 3.63) is 84.2 Å². The van der Waals surface area contributed by atoms with Crippen molar-refractivity contribution in [1.82, 2.24) is 15.0 Å². The molecule has 1 atom stereocenters. The molecule has 1 unspecified atom stereocenters. The van der Waals surface area contributed by atoms with Crippen LogP contribution in [0.15, 0.2) is 73.1 Å². The molecule has 0 N–H and O–H groups in total. The van der Waals surface area contributed by atoms with Crippen molar-refractivity contribution in [2.75, 3.05) is 0 Å². The normalized spacial score (nSPS) is 11.8. The number of hydrogen-bond donors (Lipinski definition) is 0. The summed E-state index contributed by atoms with van der Waals surface area (Å²) >= 11 is 0. The molecule has 0 amide bonds. The highest BCUT2D eigenvalue weighted by Crippen LogP contribution is 2.20. The molecule has 1 aromatic heterocycles. The fourth-order valence-corrected chi connectivity index (χ4v) is 2.40. The lowest BCUT2D eigenvalue weighted by atomic mass is 9.97. The summed E-state index contributed by atoms with van der Waals surface area (Å²) in [5.74, 6) is -0.254. The summed E-state index contributed by atoms with van der Waals surface area (Å²) in [4.78, 5) is 25.2. The van der Waals surface area contributed by atoms with Crippen LogP contribution in [0.2, 0.25) is 0 Å². The maximum atomic E-state index is 12.8. The summed E-state index contributed by atoms with van der Waals surface area (Å²) in [7, 11) is 0. The van der Waals surface area contributed by atoms with Crippen LogP contribution in [0.3, 0.4) is 0 Å². The molecular weight excluding hydrogens is 290 g/mol. The van der Waals surface area contributed by atoms with Crippen molar-refractivity contribution in [2.45, 2.75) is 12.5 Å². The second-order valence-electron chi connectivity index (χ2n) is 5.12. The van der Waals surface area contributed by atoms with Crippen LogP contribution in [0.4, 0.5) is 0 Å². The molecule has 0 bridgehead atoms. The van der Waals surface area contributed by atoms with E-state index in [1.165, 1.54) is 10.9 Å². The fraction of sp³-hybridized carbons (Fsp3) is 0.111. The highest BCUT2D eigenvalue weighted by atomic mass is 16.1. The minimum Gasteiger partial charge on any atom is -0.294 e. The Labute approximate surface area is 133 Å². The minimum absolute atomic E-state index is 0.0428. The van der Waals surface area contributed by atoms with E-state index in [4.69, 9.17) is 0 Å². The summed E-state index contributed by atoms with van der Waals surface area (Å²) in [5, 5.41) is 7.65. The van der Waals surface area contributed by atoms with Crippen molar-refractivity contribution >= 4 is 11.6 Å². The Morgan fingerprint density at radius 3 is 2.09 bits per heavy atom. The zero-order valence-electron chi connectivity index (χ0n) is 12.4. The molecule has 0 saturated heterocycles. The monoisotopic (exact) mass is 305 g/mol. The third-order valence-electron chi connectivity index (χ3n) is 3.60. The number of carbonyl (C=O) groups excluding carboxylic acids is 2. The predicted octanol–water partition coefficient (Wildman–Crippen LogP) is 2.98. The molecule has 0 spiro atoms. The second kappa shape index (κ2) is 6.79. The van der Waals surface area contributed by atoms with E-state index in [2.05, 4.69) is 10.3 Å². The molecule has 5 heteroatoms. The van der Waals surface area contributed by atoms with Crippen LogP contribution < -0.4 is 0 Å². The van der Waals surface area contributed by atoms with Crippen LogP contribution in [0.5, 0.6) is 0 Å². The minimum atomic E-state index is -0.701. The first-order valence-electron chi connectivity index (χ1n) is 7.29. The fourth-order valence-electron chi connectivity index (χ4n) is 2.40. The average Bonchev–Trinajstić information content (AvgIpc) is 3.15. The number of rotatable bonds is 6. The summed E-state index contributed by atoms with van der Waals surface area (Å²) in [6, 6.07) is 17.1. The summed E-state index contributed by atoms with van der Waals surface area (Å²) in [6.45, 7) is 0. The first-order valence-corrected chi connectivity index (χ1v) is 7.29. The molecule has 0 aliphatic heterocycles. The van der Waals surface area contributed by atoms with Crippen molar-refractivity contribution in [2.24, 2.45) is 0 Å². The average molecular weight is 305 g/mol. The van der Waals surface area contributed by atoms with E-state index < -0.39 is 6.04 Å². The molecule has 114 valence electrons. The van der Waals surface area contributed by atoms with Gasteiger partial charge in [0.2, 0.25) is 0 Å². The Morgan fingerprint density at radius 1 is 0.913 bits per heavy atom. The van der Waals surface area contributed by atoms with Crippen LogP contribution in [-0.4, -0.2) is 26.6 Å². The lowest BCUT2D eigenvalue weighted by molar-refractivity contribution is 0.0848. The molecule has 0 saturated carbocycles. The topological polar surface area (TPSA) is 64.8 Å². The highest BCUT2D eigenvalue weighted by molar-refractivity contribution is 6.04. The standard InChI is InChI=1S/C18H15N3O2/c22-17(14-7-3-1-4-8-14)13-16(21-12-11-19-20-21)18(23)15-9-5-2-6-10-15/h1-12,16H,13H2. The van der Waals surface area contributed by atoms with Gasteiger partial charge < -0.3 is 0 Å². The van der Waals surface area contributed by atoms with Gasteiger partial charge in [-0.05, 0) is 0 Å². The van der Waals surface area contributed by atoms with Crippen molar-refractivity contribution in [3.63, 3.8) is 0 Å². The highest BCUT2D eigenvalue weighted by Gasteiger charge is 2.26. The van der Waals surface area contributed by atoms with Gasteiger partial charge in [0, 0.05) is 23.7 Å². The number of ketones is 2. The van der Waals surface area contributed by atoms with E-state index in [1.54, 1.807) is 54.7 Å². The molecular formula is C18H15N3O2. The van der Waals surface area contributed by atoms with Crippen LogP contribution in [0, 0.1) is 0 Å². The molecule has 5 nitrogen and oxygen atoms in total. The largest absolute Gasteiger partial charge is 0.294 e. The first kappa shape index (κ1) is 14.8. The Balaban J connectivity index is 1.88. The number of Topliss-reactive ketones (excluding diaryl/α,β-unsaturated/α-hetero) is 2. The molecule has 2 aromatic carbocycles. The third kappa shape index (κ3) is 3.40. The van der Waals surface area contributed by atoms with E-state index >= 15 is 0 Å². The summed E-state index contributed by atoms with van der Waals surface area (Å²) in [6.07, 6.45) is 3.14. The van der Waals surface area contributed by atoms with Crippen LogP contribution in [0.25, 0.3) is 0 Å². The van der Waals surface area contributed by atoms with E-state index in [-0.39, 0.29) is 18.0 Å². The smallest absolute Gasteiger partial charge is 0.187 e. The van der Waals surface area contributed by atoms with Crippen molar-refractivity contribution in [3.8, 4) is 0 Å². The van der Waals surface area contributed by atoms with Gasteiger partial charge in [-0.25, -0.2) is 4.68 Å². The van der Waals surface area contributed by atoms with E-state index in [1.807, 2.05) is 12.1 Å². The van der Waals surface area contributed by atoms with Gasteiger partial charge in [0.05, 0.1) is 6.20 Å². The first-order chi connectivity index (χ1) is 11.3. The van der Waals surface area contributed by atoms with Gasteiger partial charge in [0.1, 0.15) is 6.04 Å². The maximum absolute atomic E-state index is 12.8. The van der Waals surface area contributed by atoms with E-state index in [0.29, 0.717) is 11.1 Å². The van der Waals surface area contributed by atoms with Gasteiger partial charge in [0.15, 0.2) is 11.6 Å². The Bertz CT molecular complexity index is 784. The second-order valence-corrected chi connectivity index (χ2v) is 5.12. The number of hydrogen-bond acceptors (Lipinski definition) is 4. The lowest BCUT2D eigenvalue weighted by Crippen LogP contribution is -2.23. The molecule has 3 rings (SSSR count). The molecule has 1 heterocycles. The number of benzene rings is 2. The van der Waals surface area contributed by atoms with Gasteiger partial charge >= 0.3 is 0 Å². The van der Waals surface area contributed by atoms with Gasteiger partial charge in [0.25, 0.3) is 0 Å². The van der Waals surface area contributed by atoms with Crippen LogP contribution >= 0.6 is 0 Å². The summed E-state index contributed by atoms with van der Waals surface area (Å²) in [5.41, 5.74) is 1.13. The van der Waals surface area contributed by atoms with Gasteiger partial charge in [-0.15, -0.1) is 5.10 Å². The van der Waals surface area contributed by atoms with Gasteiger partial charge in [-0.2, -0.15) is 0 Å². The molecule has 3 aromatic rings. The van der Waals surface area contributed by atoms with E-state index in [9.17, 15) is 9.59 Å². The van der Waals surface area contributed by atoms with Crippen molar-refractivity contribution < 1.29 is 9.59 Å². The molecule has 0 radical (unpaired) electrons. The van der Waals surface area contributed by atoms with Crippen LogP contribution in [0.1, 0.15) is 33.2 Å². The molecule has 0 aliphatic carbocycles. The molecule has 0 fully saturated rings. The SMILES string of the molecule is O=C(CC(C(=O)c1ccccc1)n1ccnn1)c1ccccc1. The van der Waals surface area contributed by atoms with Crippen molar-refractivity contribution in [1.29, 1.82) is 0 Å². The predicted molar refractivity (Wildman–Crippen MR) is 85.2 cm³/mol. The Morgan fingerprint density at radius 2 is 1.52 bits per heavy atom. The zero-order chi connectivity index (χ0) is 16.1. The van der Waals surface area contributed by atoms with E-state index in [0.717, 1.165) is 0 Å². The number of nitrogens with zero attached hydrogens (tertiary/aromatic N) is 3. The molecule has 0 aliphatic rings. The number of carbonyl (C=O) groups is 2.